The Bertz CT molecular complexity index is 8.00. The van der Waals surface area contributed by atoms with E-state index in [1.54, 1.807) is 0 Å². The Morgan fingerprint density at radius 1 is 1.00 bits per heavy atom. The van der Waals surface area contributed by atoms with Crippen LogP contribution in [-0.4, -0.2) is 127 Å². The van der Waals surface area contributed by atoms with E-state index in [-0.39, 0.29) is 127 Å². The molecule has 0 aromatic rings. The van der Waals surface area contributed by atoms with Crippen molar-refractivity contribution < 1.29 is 0 Å². The fraction of sp³-hybridized carbons (Fsp3) is 0. The summed E-state index contributed by atoms with van der Waals surface area (Å²) in [4.78, 5) is 0. The van der Waals surface area contributed by atoms with Gasteiger partial charge < -0.3 is 0 Å². The average molecular weight is 238 g/mol. The molecule has 0 aliphatic heterocycles. The van der Waals surface area contributed by atoms with Crippen LogP contribution in [0.2, 0.25) is 0 Å². The van der Waals surface area contributed by atoms with Crippen molar-refractivity contribution in [3.05, 3.63) is 0 Å². The molecule has 4 heavy (non-hydrogen) atoms. The van der Waals surface area contributed by atoms with Gasteiger partial charge in [-0.2, -0.15) is 0 Å². The summed E-state index contributed by atoms with van der Waals surface area (Å²) in [5.41, 5.74) is 0. The predicted octanol–water partition coefficient (Wildman–Crippen LogP) is -3.93. The molecular weight excluding hydrogens is 228 g/mol. The molecule has 0 spiro atoms. The smallest absolute Gasteiger partial charge is 0.0149 e. The standard InChI is InChI=1S/Ba.Ca.Na.H4Si.5H/h;;;1H4;;;;;. The third kappa shape index (κ3) is 9.41. The molecule has 0 atom stereocenters. The first-order valence-corrected chi connectivity index (χ1v) is 0. The Morgan fingerprint density at radius 2 is 1.00 bits per heavy atom. The quantitative estimate of drug-likeness (QED) is 0.378. The van der Waals surface area contributed by atoms with E-state index in [1.807, 2.05) is 0 Å². The van der Waals surface area contributed by atoms with Crippen molar-refractivity contribution in [3.63, 3.8) is 0 Å². The summed E-state index contributed by atoms with van der Waals surface area (Å²) in [6.07, 6.45) is 0. The normalized spacial score (nSPS) is 0. The van der Waals surface area contributed by atoms with Crippen molar-refractivity contribution in [2.24, 2.45) is 0 Å². The van der Waals surface area contributed by atoms with Crippen molar-refractivity contribution in [1.82, 2.24) is 0 Å². The Kier molecular flexibility index (Phi) is 96.0. The van der Waals surface area contributed by atoms with Crippen LogP contribution in [0.5, 0.6) is 0 Å². The largest absolute Gasteiger partial charge is 0.0149 e. The second-order valence-electron chi connectivity index (χ2n) is 0. The minimum Gasteiger partial charge on any atom is -0.0149 e. The van der Waals surface area contributed by atoms with Crippen molar-refractivity contribution in [1.29, 1.82) is 0 Å². The molecular formula is H9BaCaNaSi. The van der Waals surface area contributed by atoms with Crippen molar-refractivity contribution in [2.75, 3.05) is 0 Å². The molecule has 0 N–H and O–H groups in total. The van der Waals surface area contributed by atoms with Crippen LogP contribution in [0.1, 0.15) is 0 Å². The van der Waals surface area contributed by atoms with Crippen LogP contribution in [0.3, 0.4) is 0 Å². The SMILES string of the molecule is [BaH2].[CaH2].[NaH].[SiH4]. The van der Waals surface area contributed by atoms with Crippen LogP contribution in [0.15, 0.2) is 0 Å². The van der Waals surface area contributed by atoms with E-state index >= 15 is 0 Å². The molecule has 0 saturated heterocycles. The third-order valence-electron chi connectivity index (χ3n) is 0. The summed E-state index contributed by atoms with van der Waals surface area (Å²) in [5.74, 6) is 0. The molecule has 0 rings (SSSR count). The van der Waals surface area contributed by atoms with E-state index < -0.39 is 0 Å². The number of hydrogen-bond donors (Lipinski definition) is 0. The summed E-state index contributed by atoms with van der Waals surface area (Å²) < 4.78 is 0. The second-order valence-corrected chi connectivity index (χ2v) is 0. The van der Waals surface area contributed by atoms with Crippen LogP contribution in [0, 0.1) is 0 Å². The van der Waals surface area contributed by atoms with E-state index in [4.69, 9.17) is 0 Å². The maximum atomic E-state index is 0. The number of rotatable bonds is 0. The van der Waals surface area contributed by atoms with E-state index in [0.717, 1.165) is 0 Å². The van der Waals surface area contributed by atoms with Gasteiger partial charge in [0.15, 0.2) is 0 Å². The van der Waals surface area contributed by atoms with Crippen LogP contribution < -0.4 is 0 Å². The van der Waals surface area contributed by atoms with Crippen LogP contribution in [0.25, 0.3) is 0 Å². The fourth-order valence-electron chi connectivity index (χ4n) is 0. The molecule has 0 aromatic carbocycles. The molecule has 0 aliphatic carbocycles. The van der Waals surface area contributed by atoms with Gasteiger partial charge in [0.1, 0.15) is 0 Å². The van der Waals surface area contributed by atoms with Crippen LogP contribution in [0.4, 0.5) is 0 Å². The second kappa shape index (κ2) is 15.7. The fourth-order valence-corrected chi connectivity index (χ4v) is 0. The molecule has 4 heteroatoms. The van der Waals surface area contributed by atoms with E-state index in [2.05, 4.69) is 0 Å². The van der Waals surface area contributed by atoms with Crippen LogP contribution >= 0.6 is 0 Å². The first kappa shape index (κ1) is 24.4. The van der Waals surface area contributed by atoms with Gasteiger partial charge >= 0.3 is 116 Å². The molecule has 0 unspecified atom stereocenters. The van der Waals surface area contributed by atoms with Crippen molar-refractivity contribution in [2.45, 2.75) is 0 Å². The molecule has 0 heterocycles. The summed E-state index contributed by atoms with van der Waals surface area (Å²) in [6, 6.07) is 0. The molecule has 0 aliphatic rings. The van der Waals surface area contributed by atoms with Gasteiger partial charge in [-0.3, -0.25) is 0 Å². The van der Waals surface area contributed by atoms with Crippen molar-refractivity contribution >= 4 is 127 Å². The Hall–Kier alpha value is 4.05. The Morgan fingerprint density at radius 3 is 1.00 bits per heavy atom. The Labute approximate surface area is 123 Å². The Balaban J connectivity index is 0. The summed E-state index contributed by atoms with van der Waals surface area (Å²) in [7, 11) is 0. The maximum absolute atomic E-state index is 0. The van der Waals surface area contributed by atoms with E-state index in [1.165, 1.54) is 0 Å². The minimum atomic E-state index is 0. The van der Waals surface area contributed by atoms with E-state index in [9.17, 15) is 0 Å². The monoisotopic (exact) mass is 238 g/mol. The molecule has 0 fully saturated rings. The van der Waals surface area contributed by atoms with Gasteiger partial charge in [0, 0.05) is 0 Å². The first-order chi connectivity index (χ1) is 0. The predicted molar refractivity (Wildman–Crippen MR) is 35.6 cm³/mol. The van der Waals surface area contributed by atoms with Crippen molar-refractivity contribution in [3.8, 4) is 0 Å². The van der Waals surface area contributed by atoms with Gasteiger partial charge in [0.2, 0.25) is 0 Å². The molecule has 0 saturated carbocycles. The molecule has 0 amide bonds. The average Bonchev–Trinajstić information content (AvgIpc) is 0. The number of hydrogen-bond acceptors (Lipinski definition) is 0. The summed E-state index contributed by atoms with van der Waals surface area (Å²) >= 11 is 0. The molecule has 0 bridgehead atoms. The zero-order chi connectivity index (χ0) is 0. The first-order valence-electron chi connectivity index (χ1n) is 0. The summed E-state index contributed by atoms with van der Waals surface area (Å²) in [5, 5.41) is 0. The zero-order valence-corrected chi connectivity index (χ0v) is 0. The van der Waals surface area contributed by atoms with Gasteiger partial charge in [0.05, 0.1) is 0 Å². The molecule has 0 aromatic heterocycles. The van der Waals surface area contributed by atoms with E-state index in [0.29, 0.717) is 0 Å². The topological polar surface area (TPSA) is 0 Å². The van der Waals surface area contributed by atoms with Gasteiger partial charge in [-0.1, -0.05) is 0 Å². The minimum absolute atomic E-state index is 0. The van der Waals surface area contributed by atoms with Gasteiger partial charge in [-0.15, -0.1) is 0 Å². The maximum Gasteiger partial charge on any atom is -0.0149 e. The molecule has 0 radical (unpaired) electrons. The molecule has 18 valence electrons. The van der Waals surface area contributed by atoms with Gasteiger partial charge in [-0.25, -0.2) is 0 Å². The van der Waals surface area contributed by atoms with Crippen LogP contribution in [-0.2, 0) is 0 Å². The third-order valence-corrected chi connectivity index (χ3v) is 0. The van der Waals surface area contributed by atoms with Gasteiger partial charge in [0.25, 0.3) is 0 Å². The van der Waals surface area contributed by atoms with Gasteiger partial charge in [-0.05, 0) is 11.0 Å². The molecule has 0 nitrogen and oxygen atoms in total. The zero-order valence-electron chi connectivity index (χ0n) is 0. The summed E-state index contributed by atoms with van der Waals surface area (Å²) in [6.45, 7) is 0.